The maximum atomic E-state index is 13.6. The number of thiazole rings is 1. The van der Waals surface area contributed by atoms with Crippen LogP contribution in [0, 0.1) is 10.1 Å². The zero-order valence-corrected chi connectivity index (χ0v) is 20.3. The number of halogens is 1. The van der Waals surface area contributed by atoms with Crippen LogP contribution >= 0.6 is 22.9 Å². The molecule has 4 rings (SSSR count). The normalized spacial score (nSPS) is 15.5. The first-order valence-corrected chi connectivity index (χ1v) is 11.7. The van der Waals surface area contributed by atoms with E-state index in [9.17, 15) is 19.7 Å². The van der Waals surface area contributed by atoms with Gasteiger partial charge < -0.3 is 9.47 Å². The number of esters is 1. The molecule has 0 saturated heterocycles. The number of aromatic nitrogens is 1. The van der Waals surface area contributed by atoms with Crippen LogP contribution in [0.15, 0.2) is 69.6 Å². The summed E-state index contributed by atoms with van der Waals surface area (Å²) < 4.78 is 12.0. The molecule has 1 aliphatic rings. The molecular weight excluding hydrogens is 494 g/mol. The predicted octanol–water partition coefficient (Wildman–Crippen LogP) is 2.99. The second-order valence-electron chi connectivity index (χ2n) is 7.58. The van der Waals surface area contributed by atoms with Crippen LogP contribution < -0.4 is 14.9 Å². The molecule has 35 heavy (non-hydrogen) atoms. The molecule has 3 aromatic rings. The zero-order valence-electron chi connectivity index (χ0n) is 18.8. The number of nitro benzene ring substituents is 1. The van der Waals surface area contributed by atoms with E-state index in [2.05, 4.69) is 4.99 Å². The fourth-order valence-electron chi connectivity index (χ4n) is 3.75. The number of methoxy groups -OCH3 is 1. The van der Waals surface area contributed by atoms with Crippen molar-refractivity contribution in [3.05, 3.63) is 106 Å². The van der Waals surface area contributed by atoms with Crippen LogP contribution in [0.2, 0.25) is 5.02 Å². The van der Waals surface area contributed by atoms with Crippen molar-refractivity contribution >= 4 is 40.7 Å². The van der Waals surface area contributed by atoms with Crippen molar-refractivity contribution in [2.45, 2.75) is 13.0 Å². The Kier molecular flexibility index (Phi) is 7.25. The Morgan fingerprint density at radius 2 is 2.03 bits per heavy atom. The van der Waals surface area contributed by atoms with E-state index in [1.54, 1.807) is 49.4 Å². The van der Waals surface area contributed by atoms with E-state index in [0.717, 1.165) is 11.3 Å². The van der Waals surface area contributed by atoms with Crippen molar-refractivity contribution in [3.63, 3.8) is 0 Å². The van der Waals surface area contributed by atoms with E-state index in [4.69, 9.17) is 21.1 Å². The number of nitro groups is 1. The zero-order chi connectivity index (χ0) is 25.1. The second kappa shape index (κ2) is 10.3. The van der Waals surface area contributed by atoms with Crippen molar-refractivity contribution in [2.75, 3.05) is 20.3 Å². The molecule has 0 saturated carbocycles. The van der Waals surface area contributed by atoms with Crippen LogP contribution in [0.1, 0.15) is 24.1 Å². The number of hydrogen-bond donors (Lipinski definition) is 0. The third kappa shape index (κ3) is 4.95. The number of ether oxygens (including phenoxy) is 2. The van der Waals surface area contributed by atoms with E-state index in [-0.39, 0.29) is 24.5 Å². The fraction of sp³-hybridized carbons (Fsp3) is 0.208. The second-order valence-corrected chi connectivity index (χ2v) is 9.00. The molecule has 0 radical (unpaired) electrons. The summed E-state index contributed by atoms with van der Waals surface area (Å²) >= 11 is 7.62. The lowest BCUT2D eigenvalue weighted by molar-refractivity contribution is -0.384. The van der Waals surface area contributed by atoms with Crippen LogP contribution in [-0.4, -0.2) is 35.8 Å². The first kappa shape index (κ1) is 24.5. The van der Waals surface area contributed by atoms with Crippen molar-refractivity contribution in [3.8, 4) is 0 Å². The van der Waals surface area contributed by atoms with Crippen LogP contribution in [0.4, 0.5) is 5.69 Å². The SMILES string of the molecule is COCCOC(=O)C1=C(C)N=c2s/c(=C\c3cccc([N+](=O)[O-])c3)c(=O)n2[C@H]1c1ccccc1Cl. The largest absolute Gasteiger partial charge is 0.460 e. The first-order chi connectivity index (χ1) is 16.8. The molecule has 0 N–H and O–H groups in total. The van der Waals surface area contributed by atoms with Crippen LogP contribution in [0.25, 0.3) is 6.08 Å². The fourth-order valence-corrected chi connectivity index (χ4v) is 5.03. The Hall–Kier alpha value is -3.60. The number of fused-ring (bicyclic) bond motifs is 1. The quantitative estimate of drug-likeness (QED) is 0.208. The molecule has 11 heteroatoms. The third-order valence-electron chi connectivity index (χ3n) is 5.34. The Balaban J connectivity index is 1.90. The van der Waals surface area contributed by atoms with Crippen molar-refractivity contribution < 1.29 is 19.2 Å². The highest BCUT2D eigenvalue weighted by molar-refractivity contribution is 7.07. The molecule has 0 amide bonds. The number of non-ortho nitro benzene ring substituents is 1. The third-order valence-corrected chi connectivity index (χ3v) is 6.67. The van der Waals surface area contributed by atoms with Gasteiger partial charge in [-0.3, -0.25) is 19.5 Å². The van der Waals surface area contributed by atoms with E-state index >= 15 is 0 Å². The highest BCUT2D eigenvalue weighted by Crippen LogP contribution is 2.34. The minimum absolute atomic E-state index is 0.0402. The summed E-state index contributed by atoms with van der Waals surface area (Å²) in [4.78, 5) is 42.2. The Morgan fingerprint density at radius 1 is 1.26 bits per heavy atom. The molecule has 1 atom stereocenters. The lowest BCUT2D eigenvalue weighted by Gasteiger charge is -2.25. The van der Waals surface area contributed by atoms with Crippen molar-refractivity contribution in [1.82, 2.24) is 4.57 Å². The van der Waals surface area contributed by atoms with E-state index in [1.807, 2.05) is 0 Å². The molecule has 0 bridgehead atoms. The molecule has 9 nitrogen and oxygen atoms in total. The molecule has 0 spiro atoms. The van der Waals surface area contributed by atoms with Crippen molar-refractivity contribution in [2.24, 2.45) is 4.99 Å². The lowest BCUT2D eigenvalue weighted by atomic mass is 9.96. The molecule has 0 fully saturated rings. The Bertz CT molecular complexity index is 1520. The number of hydrogen-bond acceptors (Lipinski definition) is 8. The number of nitrogens with zero attached hydrogens (tertiary/aromatic N) is 3. The maximum absolute atomic E-state index is 13.6. The summed E-state index contributed by atoms with van der Waals surface area (Å²) in [6.07, 6.45) is 1.57. The molecule has 2 heterocycles. The highest BCUT2D eigenvalue weighted by atomic mass is 35.5. The van der Waals surface area contributed by atoms with Gasteiger partial charge in [-0.15, -0.1) is 0 Å². The Morgan fingerprint density at radius 3 is 2.74 bits per heavy atom. The number of allylic oxidation sites excluding steroid dienone is 1. The molecule has 180 valence electrons. The number of benzene rings is 2. The van der Waals surface area contributed by atoms with Gasteiger partial charge in [0.05, 0.1) is 27.3 Å². The molecule has 1 aliphatic heterocycles. The summed E-state index contributed by atoms with van der Waals surface area (Å²) in [6.45, 7) is 1.94. The van der Waals surface area contributed by atoms with E-state index in [0.29, 0.717) is 31.2 Å². The number of carbonyl (C=O) groups excluding carboxylic acids is 1. The molecule has 0 aliphatic carbocycles. The number of rotatable bonds is 7. The van der Waals surface area contributed by atoms with Gasteiger partial charge in [-0.2, -0.15) is 0 Å². The van der Waals surface area contributed by atoms with Crippen LogP contribution in [0.3, 0.4) is 0 Å². The first-order valence-electron chi connectivity index (χ1n) is 10.5. The van der Waals surface area contributed by atoms with Crippen LogP contribution in [0.5, 0.6) is 0 Å². The van der Waals surface area contributed by atoms with Gasteiger partial charge in [0, 0.05) is 24.3 Å². The van der Waals surface area contributed by atoms with Gasteiger partial charge in [0.2, 0.25) is 0 Å². The van der Waals surface area contributed by atoms with Gasteiger partial charge in [-0.1, -0.05) is 53.3 Å². The number of carbonyl (C=O) groups is 1. The minimum atomic E-state index is -0.859. The topological polar surface area (TPSA) is 113 Å². The summed E-state index contributed by atoms with van der Waals surface area (Å²) in [7, 11) is 1.50. The smallest absolute Gasteiger partial charge is 0.338 e. The molecular formula is C24H20ClN3O6S. The van der Waals surface area contributed by atoms with Gasteiger partial charge in [0.25, 0.3) is 11.2 Å². The summed E-state index contributed by atoms with van der Waals surface area (Å²) in [6, 6.07) is 12.1. The van der Waals surface area contributed by atoms with Crippen LogP contribution in [-0.2, 0) is 14.3 Å². The summed E-state index contributed by atoms with van der Waals surface area (Å²) in [5.74, 6) is -0.624. The highest BCUT2D eigenvalue weighted by Gasteiger charge is 2.34. The van der Waals surface area contributed by atoms with Gasteiger partial charge in [-0.05, 0) is 30.2 Å². The van der Waals surface area contributed by atoms with Crippen molar-refractivity contribution in [1.29, 1.82) is 0 Å². The van der Waals surface area contributed by atoms with Gasteiger partial charge in [0.1, 0.15) is 12.6 Å². The Labute approximate surface area is 208 Å². The molecule has 1 aromatic heterocycles. The lowest BCUT2D eigenvalue weighted by Crippen LogP contribution is -2.40. The average Bonchev–Trinajstić information content (AvgIpc) is 3.13. The molecule has 0 unspecified atom stereocenters. The monoisotopic (exact) mass is 513 g/mol. The predicted molar refractivity (Wildman–Crippen MR) is 131 cm³/mol. The molecule has 2 aromatic carbocycles. The minimum Gasteiger partial charge on any atom is -0.460 e. The van der Waals surface area contributed by atoms with E-state index in [1.165, 1.54) is 23.8 Å². The van der Waals surface area contributed by atoms with Gasteiger partial charge in [-0.25, -0.2) is 9.79 Å². The standard InChI is InChI=1S/C24H20ClN3O6S/c1-14-20(23(30)34-11-10-33-2)21(17-8-3-4-9-18(17)25)27-22(29)19(35-24(27)26-14)13-15-6-5-7-16(12-15)28(31)32/h3-9,12-13,21H,10-11H2,1-2H3/b19-13-/t21-/m0/s1. The van der Waals surface area contributed by atoms with E-state index < -0.39 is 22.5 Å². The maximum Gasteiger partial charge on any atom is 0.338 e. The summed E-state index contributed by atoms with van der Waals surface area (Å²) in [5.41, 5.74) is 1.15. The van der Waals surface area contributed by atoms with Gasteiger partial charge >= 0.3 is 5.97 Å². The van der Waals surface area contributed by atoms with Gasteiger partial charge in [0.15, 0.2) is 4.80 Å². The summed E-state index contributed by atoms with van der Waals surface area (Å²) in [5, 5.41) is 11.5. The average molecular weight is 514 g/mol.